The maximum absolute atomic E-state index is 5.84. The number of nitrogens with two attached hydrogens (primary N) is 1. The number of benzene rings is 2. The molecule has 0 unspecified atom stereocenters. The number of hydrogen-bond donors (Lipinski definition) is 1. The van der Waals surface area contributed by atoms with Crippen molar-refractivity contribution in [2.45, 2.75) is 13.2 Å². The van der Waals surface area contributed by atoms with Crippen LogP contribution in [0.5, 0.6) is 11.5 Å². The van der Waals surface area contributed by atoms with E-state index in [4.69, 9.17) is 15.2 Å². The molecular weight excluding hydrogens is 282 g/mol. The average molecular weight is 299 g/mol. The van der Waals surface area contributed by atoms with Gasteiger partial charge in [-0.15, -0.1) is 11.3 Å². The molecule has 3 nitrogen and oxygen atoms in total. The van der Waals surface area contributed by atoms with Gasteiger partial charge >= 0.3 is 0 Å². The third-order valence-electron chi connectivity index (χ3n) is 3.32. The van der Waals surface area contributed by atoms with Gasteiger partial charge in [-0.1, -0.05) is 24.3 Å². The fraction of sp³-hybridized carbons (Fsp3) is 0.176. The van der Waals surface area contributed by atoms with E-state index in [9.17, 15) is 0 Å². The quantitative estimate of drug-likeness (QED) is 0.776. The summed E-state index contributed by atoms with van der Waals surface area (Å²) in [5.41, 5.74) is 6.97. The molecule has 0 saturated heterocycles. The zero-order valence-corrected chi connectivity index (χ0v) is 12.7. The largest absolute Gasteiger partial charge is 0.497 e. The van der Waals surface area contributed by atoms with Crippen molar-refractivity contribution in [1.29, 1.82) is 0 Å². The maximum atomic E-state index is 5.84. The van der Waals surface area contributed by atoms with Crippen molar-refractivity contribution in [2.24, 2.45) is 5.73 Å². The lowest BCUT2D eigenvalue weighted by Crippen LogP contribution is -1.95. The number of rotatable bonds is 5. The van der Waals surface area contributed by atoms with Gasteiger partial charge in [0, 0.05) is 22.2 Å². The van der Waals surface area contributed by atoms with Crippen molar-refractivity contribution in [3.05, 3.63) is 59.0 Å². The van der Waals surface area contributed by atoms with Crippen molar-refractivity contribution in [2.75, 3.05) is 7.11 Å². The third kappa shape index (κ3) is 3.01. The van der Waals surface area contributed by atoms with E-state index in [-0.39, 0.29) is 0 Å². The van der Waals surface area contributed by atoms with Gasteiger partial charge in [0.25, 0.3) is 0 Å². The lowest BCUT2D eigenvalue weighted by atomic mass is 10.1. The van der Waals surface area contributed by atoms with Gasteiger partial charge in [-0.2, -0.15) is 0 Å². The number of methoxy groups -OCH3 is 1. The van der Waals surface area contributed by atoms with E-state index < -0.39 is 0 Å². The summed E-state index contributed by atoms with van der Waals surface area (Å²) in [6.45, 7) is 1.12. The highest BCUT2D eigenvalue weighted by atomic mass is 32.1. The van der Waals surface area contributed by atoms with Crippen molar-refractivity contribution in [3.63, 3.8) is 0 Å². The maximum Gasteiger partial charge on any atom is 0.123 e. The second kappa shape index (κ2) is 6.16. The number of thiophene rings is 1. The molecule has 1 heterocycles. The summed E-state index contributed by atoms with van der Waals surface area (Å²) in [4.78, 5) is 1.19. The SMILES string of the molecule is COc1cccc(OCc2cc3cccc(CN)c3s2)c1. The second-order valence-corrected chi connectivity index (χ2v) is 5.86. The molecule has 2 aromatic carbocycles. The van der Waals surface area contributed by atoms with Crippen LogP contribution >= 0.6 is 11.3 Å². The summed E-state index contributed by atoms with van der Waals surface area (Å²) in [6.07, 6.45) is 0. The number of fused-ring (bicyclic) bond motifs is 1. The summed E-state index contributed by atoms with van der Waals surface area (Å²) < 4.78 is 12.3. The van der Waals surface area contributed by atoms with Crippen molar-refractivity contribution in [1.82, 2.24) is 0 Å². The van der Waals surface area contributed by atoms with Crippen LogP contribution in [0.4, 0.5) is 0 Å². The Morgan fingerprint density at radius 3 is 2.67 bits per heavy atom. The van der Waals surface area contributed by atoms with E-state index in [1.807, 2.05) is 30.3 Å². The molecule has 0 radical (unpaired) electrons. The minimum absolute atomic E-state index is 0.552. The van der Waals surface area contributed by atoms with E-state index in [2.05, 4.69) is 18.2 Å². The molecule has 3 rings (SSSR count). The van der Waals surface area contributed by atoms with Gasteiger partial charge in [-0.05, 0) is 29.1 Å². The Balaban J connectivity index is 1.78. The highest BCUT2D eigenvalue weighted by Crippen LogP contribution is 2.30. The standard InChI is InChI=1S/C17H17NO2S/c1-19-14-6-3-7-15(9-14)20-11-16-8-12-4-2-5-13(10-18)17(12)21-16/h2-9H,10-11,18H2,1H3. The molecule has 0 fully saturated rings. The van der Waals surface area contributed by atoms with E-state index in [1.165, 1.54) is 20.5 Å². The van der Waals surface area contributed by atoms with Crippen LogP contribution in [-0.2, 0) is 13.2 Å². The van der Waals surface area contributed by atoms with Gasteiger partial charge in [-0.3, -0.25) is 0 Å². The average Bonchev–Trinajstić information content (AvgIpc) is 2.96. The lowest BCUT2D eigenvalue weighted by Gasteiger charge is -2.06. The summed E-state index contributed by atoms with van der Waals surface area (Å²) >= 11 is 1.74. The topological polar surface area (TPSA) is 44.5 Å². The summed E-state index contributed by atoms with van der Waals surface area (Å²) in [5, 5.41) is 1.23. The monoisotopic (exact) mass is 299 g/mol. The lowest BCUT2D eigenvalue weighted by molar-refractivity contribution is 0.307. The first-order valence-electron chi connectivity index (χ1n) is 6.77. The highest BCUT2D eigenvalue weighted by Gasteiger charge is 2.06. The molecule has 0 aliphatic carbocycles. The third-order valence-corrected chi connectivity index (χ3v) is 4.52. The molecule has 0 atom stereocenters. The van der Waals surface area contributed by atoms with Crippen LogP contribution in [0, 0.1) is 0 Å². The predicted molar refractivity (Wildman–Crippen MR) is 87.0 cm³/mol. The molecule has 0 saturated carbocycles. The summed E-state index contributed by atoms with van der Waals surface area (Å²) in [7, 11) is 1.65. The molecule has 2 N–H and O–H groups in total. The Morgan fingerprint density at radius 1 is 1.05 bits per heavy atom. The van der Waals surface area contributed by atoms with Gasteiger partial charge in [0.05, 0.1) is 7.11 Å². The Kier molecular flexibility index (Phi) is 4.08. The van der Waals surface area contributed by atoms with Crippen LogP contribution < -0.4 is 15.2 Å². The van der Waals surface area contributed by atoms with Crippen molar-refractivity contribution >= 4 is 21.4 Å². The molecule has 0 bridgehead atoms. The van der Waals surface area contributed by atoms with E-state index in [1.54, 1.807) is 18.4 Å². The molecule has 108 valence electrons. The van der Waals surface area contributed by atoms with Gasteiger partial charge in [0.15, 0.2) is 0 Å². The predicted octanol–water partition coefficient (Wildman–Crippen LogP) is 3.95. The van der Waals surface area contributed by atoms with Crippen molar-refractivity contribution in [3.8, 4) is 11.5 Å². The van der Waals surface area contributed by atoms with Gasteiger partial charge in [-0.25, -0.2) is 0 Å². The van der Waals surface area contributed by atoms with E-state index in [0.29, 0.717) is 13.2 Å². The van der Waals surface area contributed by atoms with Crippen LogP contribution in [0.2, 0.25) is 0 Å². The Morgan fingerprint density at radius 2 is 1.86 bits per heavy atom. The van der Waals surface area contributed by atoms with Crippen LogP contribution in [0.3, 0.4) is 0 Å². The molecule has 0 aliphatic rings. The van der Waals surface area contributed by atoms with Crippen LogP contribution in [0.25, 0.3) is 10.1 Å². The van der Waals surface area contributed by atoms with Crippen molar-refractivity contribution < 1.29 is 9.47 Å². The molecule has 0 amide bonds. The molecule has 0 spiro atoms. The molecule has 1 aromatic heterocycles. The number of ether oxygens (including phenoxy) is 2. The fourth-order valence-electron chi connectivity index (χ4n) is 2.25. The Bertz CT molecular complexity index is 751. The van der Waals surface area contributed by atoms with Crippen LogP contribution in [-0.4, -0.2) is 7.11 Å². The molecular formula is C17H17NO2S. The van der Waals surface area contributed by atoms with E-state index >= 15 is 0 Å². The Labute approximate surface area is 127 Å². The Hall–Kier alpha value is -2.04. The van der Waals surface area contributed by atoms with Gasteiger partial charge in [0.2, 0.25) is 0 Å². The smallest absolute Gasteiger partial charge is 0.123 e. The second-order valence-electron chi connectivity index (χ2n) is 4.72. The first-order valence-corrected chi connectivity index (χ1v) is 7.59. The van der Waals surface area contributed by atoms with Crippen LogP contribution in [0.1, 0.15) is 10.4 Å². The first kappa shape index (κ1) is 13.9. The zero-order valence-electron chi connectivity index (χ0n) is 11.8. The van der Waals surface area contributed by atoms with Gasteiger partial charge < -0.3 is 15.2 Å². The zero-order chi connectivity index (χ0) is 14.7. The minimum atomic E-state index is 0.552. The number of hydrogen-bond acceptors (Lipinski definition) is 4. The molecule has 0 aliphatic heterocycles. The first-order chi connectivity index (χ1) is 10.3. The molecule has 3 aromatic rings. The molecule has 21 heavy (non-hydrogen) atoms. The minimum Gasteiger partial charge on any atom is -0.497 e. The normalized spacial score (nSPS) is 10.8. The molecule has 4 heteroatoms. The fourth-order valence-corrected chi connectivity index (χ4v) is 3.35. The highest BCUT2D eigenvalue weighted by molar-refractivity contribution is 7.19. The van der Waals surface area contributed by atoms with Crippen LogP contribution in [0.15, 0.2) is 48.5 Å². The summed E-state index contributed by atoms with van der Waals surface area (Å²) in [6, 6.07) is 16.0. The van der Waals surface area contributed by atoms with Gasteiger partial charge in [0.1, 0.15) is 18.1 Å². The summed E-state index contributed by atoms with van der Waals surface area (Å²) in [5.74, 6) is 1.61. The van der Waals surface area contributed by atoms with E-state index in [0.717, 1.165) is 11.5 Å².